The van der Waals surface area contributed by atoms with Crippen LogP contribution in [0.15, 0.2) is 0 Å². The SMILES string of the molecule is CC(C(=O)NC(C)(C)C)N1CCC(CCO)C1. The van der Waals surface area contributed by atoms with Crippen LogP contribution in [0.4, 0.5) is 0 Å². The molecule has 100 valence electrons. The van der Waals surface area contributed by atoms with Crippen LogP contribution in [0.1, 0.15) is 40.5 Å². The van der Waals surface area contributed by atoms with E-state index in [-0.39, 0.29) is 24.1 Å². The minimum absolute atomic E-state index is 0.0714. The number of hydrogen-bond donors (Lipinski definition) is 2. The number of nitrogens with zero attached hydrogens (tertiary/aromatic N) is 1. The van der Waals surface area contributed by atoms with E-state index in [1.54, 1.807) is 0 Å². The first-order valence-electron chi connectivity index (χ1n) is 6.50. The quantitative estimate of drug-likeness (QED) is 0.773. The van der Waals surface area contributed by atoms with E-state index in [1.165, 1.54) is 0 Å². The molecule has 17 heavy (non-hydrogen) atoms. The highest BCUT2D eigenvalue weighted by molar-refractivity contribution is 5.81. The lowest BCUT2D eigenvalue weighted by Gasteiger charge is -2.28. The summed E-state index contributed by atoms with van der Waals surface area (Å²) in [6.45, 7) is 10.1. The van der Waals surface area contributed by atoms with Crippen LogP contribution in [-0.4, -0.2) is 47.2 Å². The van der Waals surface area contributed by atoms with Crippen LogP contribution >= 0.6 is 0 Å². The summed E-state index contributed by atoms with van der Waals surface area (Å²) < 4.78 is 0. The van der Waals surface area contributed by atoms with Gasteiger partial charge in [-0.15, -0.1) is 0 Å². The first-order chi connectivity index (χ1) is 7.83. The molecule has 0 saturated carbocycles. The fourth-order valence-corrected chi connectivity index (χ4v) is 2.27. The normalized spacial score (nSPS) is 23.7. The van der Waals surface area contributed by atoms with Crippen LogP contribution in [0, 0.1) is 5.92 Å². The molecule has 1 amide bonds. The highest BCUT2D eigenvalue weighted by atomic mass is 16.3. The molecule has 2 atom stereocenters. The molecule has 0 spiro atoms. The van der Waals surface area contributed by atoms with Crippen LogP contribution in [0.3, 0.4) is 0 Å². The van der Waals surface area contributed by atoms with Gasteiger partial charge in [-0.1, -0.05) is 0 Å². The molecule has 0 aliphatic carbocycles. The van der Waals surface area contributed by atoms with E-state index in [4.69, 9.17) is 5.11 Å². The van der Waals surface area contributed by atoms with Gasteiger partial charge in [-0.3, -0.25) is 9.69 Å². The molecule has 1 heterocycles. The summed E-state index contributed by atoms with van der Waals surface area (Å²) in [6, 6.07) is -0.0714. The Morgan fingerprint density at radius 3 is 2.71 bits per heavy atom. The van der Waals surface area contributed by atoms with E-state index >= 15 is 0 Å². The number of rotatable bonds is 4. The van der Waals surface area contributed by atoms with Gasteiger partial charge in [-0.2, -0.15) is 0 Å². The van der Waals surface area contributed by atoms with Gasteiger partial charge in [0.05, 0.1) is 6.04 Å². The zero-order valence-corrected chi connectivity index (χ0v) is 11.5. The second kappa shape index (κ2) is 5.83. The molecule has 4 nitrogen and oxygen atoms in total. The van der Waals surface area contributed by atoms with Gasteiger partial charge in [-0.25, -0.2) is 0 Å². The first-order valence-corrected chi connectivity index (χ1v) is 6.50. The largest absolute Gasteiger partial charge is 0.396 e. The average Bonchev–Trinajstić information content (AvgIpc) is 2.63. The summed E-state index contributed by atoms with van der Waals surface area (Å²) >= 11 is 0. The molecule has 2 N–H and O–H groups in total. The van der Waals surface area contributed by atoms with Gasteiger partial charge in [0.1, 0.15) is 0 Å². The second-order valence-corrected chi connectivity index (χ2v) is 6.08. The highest BCUT2D eigenvalue weighted by Crippen LogP contribution is 2.21. The van der Waals surface area contributed by atoms with Gasteiger partial charge < -0.3 is 10.4 Å². The Balaban J connectivity index is 2.43. The van der Waals surface area contributed by atoms with Crippen LogP contribution in [0.2, 0.25) is 0 Å². The van der Waals surface area contributed by atoms with Crippen molar-refractivity contribution in [3.63, 3.8) is 0 Å². The van der Waals surface area contributed by atoms with Crippen LogP contribution < -0.4 is 5.32 Å². The number of hydrogen-bond acceptors (Lipinski definition) is 3. The molecule has 0 radical (unpaired) electrons. The Bertz CT molecular complexity index is 261. The number of aliphatic hydroxyl groups is 1. The van der Waals surface area contributed by atoms with Crippen molar-refractivity contribution >= 4 is 5.91 Å². The van der Waals surface area contributed by atoms with Gasteiger partial charge in [-0.05, 0) is 53.0 Å². The maximum absolute atomic E-state index is 12.0. The fraction of sp³-hybridized carbons (Fsp3) is 0.923. The van der Waals surface area contributed by atoms with Crippen molar-refractivity contribution in [2.24, 2.45) is 5.92 Å². The summed E-state index contributed by atoms with van der Waals surface area (Å²) in [4.78, 5) is 14.2. The van der Waals surface area contributed by atoms with Gasteiger partial charge in [0.15, 0.2) is 0 Å². The Hall–Kier alpha value is -0.610. The maximum Gasteiger partial charge on any atom is 0.237 e. The van der Waals surface area contributed by atoms with E-state index in [1.807, 2.05) is 27.7 Å². The minimum atomic E-state index is -0.171. The van der Waals surface area contributed by atoms with Gasteiger partial charge in [0.25, 0.3) is 0 Å². The molecular weight excluding hydrogens is 216 g/mol. The fourth-order valence-electron chi connectivity index (χ4n) is 2.27. The van der Waals surface area contributed by atoms with Crippen molar-refractivity contribution in [2.75, 3.05) is 19.7 Å². The zero-order valence-electron chi connectivity index (χ0n) is 11.5. The number of nitrogens with one attached hydrogen (secondary N) is 1. The summed E-state index contributed by atoms with van der Waals surface area (Å²) in [5.74, 6) is 0.645. The van der Waals surface area contributed by atoms with E-state index in [2.05, 4.69) is 10.2 Å². The van der Waals surface area contributed by atoms with Crippen molar-refractivity contribution in [3.05, 3.63) is 0 Å². The number of carbonyl (C=O) groups excluding carboxylic acids is 1. The predicted molar refractivity (Wildman–Crippen MR) is 68.7 cm³/mol. The molecule has 0 aromatic heterocycles. The lowest BCUT2D eigenvalue weighted by atomic mass is 10.1. The van der Waals surface area contributed by atoms with Crippen molar-refractivity contribution in [1.82, 2.24) is 10.2 Å². The zero-order chi connectivity index (χ0) is 13.1. The summed E-state index contributed by atoms with van der Waals surface area (Å²) in [5.41, 5.74) is -0.171. The number of carbonyl (C=O) groups is 1. The number of likely N-dealkylation sites (tertiary alicyclic amines) is 1. The van der Waals surface area contributed by atoms with Crippen molar-refractivity contribution in [3.8, 4) is 0 Å². The number of amides is 1. The van der Waals surface area contributed by atoms with Gasteiger partial charge in [0.2, 0.25) is 5.91 Å². The van der Waals surface area contributed by atoms with E-state index in [0.29, 0.717) is 5.92 Å². The van der Waals surface area contributed by atoms with Crippen molar-refractivity contribution < 1.29 is 9.90 Å². The summed E-state index contributed by atoms with van der Waals surface area (Å²) in [6.07, 6.45) is 1.94. The molecule has 2 unspecified atom stereocenters. The topological polar surface area (TPSA) is 52.6 Å². The second-order valence-electron chi connectivity index (χ2n) is 6.08. The molecule has 4 heteroatoms. The maximum atomic E-state index is 12.0. The van der Waals surface area contributed by atoms with Crippen LogP contribution in [0.25, 0.3) is 0 Å². The lowest BCUT2D eigenvalue weighted by Crippen LogP contribution is -2.50. The molecule has 0 aromatic rings. The highest BCUT2D eigenvalue weighted by Gasteiger charge is 2.30. The van der Waals surface area contributed by atoms with E-state index < -0.39 is 0 Å². The third kappa shape index (κ3) is 4.64. The third-order valence-corrected chi connectivity index (χ3v) is 3.28. The summed E-state index contributed by atoms with van der Waals surface area (Å²) in [7, 11) is 0. The minimum Gasteiger partial charge on any atom is -0.396 e. The first kappa shape index (κ1) is 14.5. The van der Waals surface area contributed by atoms with Gasteiger partial charge >= 0.3 is 0 Å². The smallest absolute Gasteiger partial charge is 0.237 e. The van der Waals surface area contributed by atoms with E-state index in [9.17, 15) is 4.79 Å². The Morgan fingerprint density at radius 1 is 1.53 bits per heavy atom. The third-order valence-electron chi connectivity index (χ3n) is 3.28. The Labute approximate surface area is 104 Å². The van der Waals surface area contributed by atoms with E-state index in [0.717, 1.165) is 25.9 Å². The Kier molecular flexibility index (Phi) is 4.95. The lowest BCUT2D eigenvalue weighted by molar-refractivity contribution is -0.127. The predicted octanol–water partition coefficient (Wildman–Crippen LogP) is 0.994. The standard InChI is InChI=1S/C13H26N2O2/c1-10(12(17)14-13(2,3)4)15-7-5-11(9-15)6-8-16/h10-11,16H,5-9H2,1-4H3,(H,14,17). The molecule has 0 aromatic carbocycles. The van der Waals surface area contributed by atoms with Crippen molar-refractivity contribution in [2.45, 2.75) is 52.1 Å². The molecule has 1 aliphatic heterocycles. The molecule has 1 fully saturated rings. The van der Waals surface area contributed by atoms with Crippen molar-refractivity contribution in [1.29, 1.82) is 0 Å². The average molecular weight is 242 g/mol. The Morgan fingerprint density at radius 2 is 2.18 bits per heavy atom. The number of aliphatic hydroxyl groups excluding tert-OH is 1. The molecule has 0 bridgehead atoms. The molecule has 1 rings (SSSR count). The molecule has 1 saturated heterocycles. The molecule has 1 aliphatic rings. The monoisotopic (exact) mass is 242 g/mol. The molecular formula is C13H26N2O2. The van der Waals surface area contributed by atoms with Crippen LogP contribution in [-0.2, 0) is 4.79 Å². The summed E-state index contributed by atoms with van der Waals surface area (Å²) in [5, 5.41) is 11.9. The van der Waals surface area contributed by atoms with Gasteiger partial charge in [0, 0.05) is 18.7 Å². The van der Waals surface area contributed by atoms with Crippen LogP contribution in [0.5, 0.6) is 0 Å².